The first-order valence-corrected chi connectivity index (χ1v) is 3.22. The summed E-state index contributed by atoms with van der Waals surface area (Å²) < 4.78 is 1.71. The number of nitrogen functional groups attached to an aromatic ring is 1. The van der Waals surface area contributed by atoms with Crippen LogP contribution in [0.5, 0.6) is 0 Å². The van der Waals surface area contributed by atoms with Crippen LogP contribution < -0.4 is 5.73 Å². The van der Waals surface area contributed by atoms with E-state index in [-0.39, 0.29) is 6.42 Å². The number of carboxylic acids is 1. The number of aryl methyl sites for hydroxylation is 1. The molecular formula is C7H10N2O2. The Morgan fingerprint density at radius 2 is 2.45 bits per heavy atom. The van der Waals surface area contributed by atoms with Gasteiger partial charge in [0.2, 0.25) is 0 Å². The molecule has 0 aromatic carbocycles. The molecule has 60 valence electrons. The Labute approximate surface area is 64.2 Å². The second-order valence-corrected chi connectivity index (χ2v) is 2.45. The molecule has 0 amide bonds. The summed E-state index contributed by atoms with van der Waals surface area (Å²) in [5.41, 5.74) is 6.76. The number of aromatic nitrogens is 1. The van der Waals surface area contributed by atoms with E-state index in [0.29, 0.717) is 5.69 Å². The van der Waals surface area contributed by atoms with Crippen molar-refractivity contribution in [3.63, 3.8) is 0 Å². The van der Waals surface area contributed by atoms with Crippen molar-refractivity contribution in [1.29, 1.82) is 0 Å². The Morgan fingerprint density at radius 1 is 1.82 bits per heavy atom. The van der Waals surface area contributed by atoms with Crippen molar-refractivity contribution < 1.29 is 9.90 Å². The smallest absolute Gasteiger partial charge is 0.309 e. The number of nitrogens with zero attached hydrogens (tertiary/aromatic N) is 1. The van der Waals surface area contributed by atoms with Crippen LogP contribution in [-0.2, 0) is 18.3 Å². The maximum Gasteiger partial charge on any atom is 0.309 e. The van der Waals surface area contributed by atoms with Gasteiger partial charge in [0.25, 0.3) is 0 Å². The molecule has 0 radical (unpaired) electrons. The summed E-state index contributed by atoms with van der Waals surface area (Å²) in [7, 11) is 1.77. The average Bonchev–Trinajstić information content (AvgIpc) is 2.09. The van der Waals surface area contributed by atoms with Gasteiger partial charge in [-0.05, 0) is 6.07 Å². The molecule has 1 rings (SSSR count). The third-order valence-electron chi connectivity index (χ3n) is 1.46. The second kappa shape index (κ2) is 2.65. The monoisotopic (exact) mass is 154 g/mol. The maximum absolute atomic E-state index is 10.3. The van der Waals surface area contributed by atoms with E-state index in [1.165, 1.54) is 0 Å². The minimum Gasteiger partial charge on any atom is -0.481 e. The second-order valence-electron chi connectivity index (χ2n) is 2.45. The molecule has 0 aliphatic rings. The van der Waals surface area contributed by atoms with Gasteiger partial charge >= 0.3 is 5.97 Å². The lowest BCUT2D eigenvalue weighted by Crippen LogP contribution is -2.04. The summed E-state index contributed by atoms with van der Waals surface area (Å²) in [6.45, 7) is 0. The molecule has 0 fully saturated rings. The van der Waals surface area contributed by atoms with Gasteiger partial charge in [-0.25, -0.2) is 0 Å². The molecule has 0 unspecified atom stereocenters. The van der Waals surface area contributed by atoms with Gasteiger partial charge < -0.3 is 15.4 Å². The van der Waals surface area contributed by atoms with E-state index in [9.17, 15) is 4.79 Å². The molecule has 0 atom stereocenters. The first kappa shape index (κ1) is 7.65. The minimum atomic E-state index is -0.841. The summed E-state index contributed by atoms with van der Waals surface area (Å²) in [5.74, 6) is -0.841. The van der Waals surface area contributed by atoms with Gasteiger partial charge in [0.1, 0.15) is 0 Å². The van der Waals surface area contributed by atoms with E-state index < -0.39 is 5.97 Å². The topological polar surface area (TPSA) is 68.2 Å². The SMILES string of the molecule is Cn1cc(N)cc1CC(=O)O. The Bertz CT molecular complexity index is 278. The van der Waals surface area contributed by atoms with Crippen molar-refractivity contribution in [2.24, 2.45) is 7.05 Å². The van der Waals surface area contributed by atoms with E-state index in [0.717, 1.165) is 5.69 Å². The zero-order valence-electron chi connectivity index (χ0n) is 6.24. The van der Waals surface area contributed by atoms with E-state index in [1.807, 2.05) is 0 Å². The molecule has 0 bridgehead atoms. The quantitative estimate of drug-likeness (QED) is 0.640. The summed E-state index contributed by atoms with van der Waals surface area (Å²) in [4.78, 5) is 10.3. The van der Waals surface area contributed by atoms with Gasteiger partial charge in [-0.1, -0.05) is 0 Å². The molecular weight excluding hydrogens is 144 g/mol. The first-order valence-electron chi connectivity index (χ1n) is 3.22. The lowest BCUT2D eigenvalue weighted by Gasteiger charge is -1.96. The number of rotatable bonds is 2. The fraction of sp³-hybridized carbons (Fsp3) is 0.286. The number of aliphatic carboxylic acids is 1. The Balaban J connectivity index is 2.85. The van der Waals surface area contributed by atoms with Crippen LogP contribution in [0.3, 0.4) is 0 Å². The Morgan fingerprint density at radius 3 is 2.82 bits per heavy atom. The summed E-state index contributed by atoms with van der Waals surface area (Å²) in [6.07, 6.45) is 1.71. The molecule has 11 heavy (non-hydrogen) atoms. The van der Waals surface area contributed by atoms with Gasteiger partial charge in [0.05, 0.1) is 6.42 Å². The van der Waals surface area contributed by atoms with Gasteiger partial charge in [0, 0.05) is 24.6 Å². The van der Waals surface area contributed by atoms with E-state index in [1.54, 1.807) is 23.9 Å². The number of anilines is 1. The highest BCUT2D eigenvalue weighted by Crippen LogP contribution is 2.08. The lowest BCUT2D eigenvalue weighted by molar-refractivity contribution is -0.136. The number of hydrogen-bond acceptors (Lipinski definition) is 2. The van der Waals surface area contributed by atoms with Crippen LogP contribution in [0, 0.1) is 0 Å². The number of carbonyl (C=O) groups is 1. The van der Waals surface area contributed by atoms with Crippen LogP contribution in [0.25, 0.3) is 0 Å². The number of hydrogen-bond donors (Lipinski definition) is 2. The molecule has 0 saturated heterocycles. The van der Waals surface area contributed by atoms with Gasteiger partial charge in [-0.2, -0.15) is 0 Å². The molecule has 3 N–H and O–H groups in total. The Kier molecular flexibility index (Phi) is 1.85. The minimum absolute atomic E-state index is 0.0215. The molecule has 1 heterocycles. The van der Waals surface area contributed by atoms with Crippen LogP contribution in [-0.4, -0.2) is 15.6 Å². The number of carboxylic acid groups (broad SMARTS) is 1. The molecule has 1 aromatic heterocycles. The highest BCUT2D eigenvalue weighted by atomic mass is 16.4. The normalized spacial score (nSPS) is 9.91. The van der Waals surface area contributed by atoms with Crippen molar-refractivity contribution in [3.05, 3.63) is 18.0 Å². The standard InChI is InChI=1S/C7H10N2O2/c1-9-4-5(8)2-6(9)3-7(10)11/h2,4H,3,8H2,1H3,(H,10,11). The Hall–Kier alpha value is -1.45. The predicted octanol–water partition coefficient (Wildman–Crippen LogP) is 0.234. The summed E-state index contributed by atoms with van der Waals surface area (Å²) in [5, 5.41) is 8.45. The molecule has 0 aliphatic heterocycles. The molecule has 4 heteroatoms. The van der Waals surface area contributed by atoms with Gasteiger partial charge in [-0.3, -0.25) is 4.79 Å². The van der Waals surface area contributed by atoms with E-state index >= 15 is 0 Å². The highest BCUT2D eigenvalue weighted by Gasteiger charge is 2.04. The molecule has 1 aromatic rings. The third kappa shape index (κ3) is 1.73. The highest BCUT2D eigenvalue weighted by molar-refractivity contribution is 5.70. The average molecular weight is 154 g/mol. The lowest BCUT2D eigenvalue weighted by atomic mass is 10.3. The first-order chi connectivity index (χ1) is 5.09. The summed E-state index contributed by atoms with van der Waals surface area (Å²) in [6, 6.07) is 1.66. The van der Waals surface area contributed by atoms with Gasteiger partial charge in [-0.15, -0.1) is 0 Å². The van der Waals surface area contributed by atoms with Crippen LogP contribution in [0.2, 0.25) is 0 Å². The van der Waals surface area contributed by atoms with Crippen molar-refractivity contribution in [3.8, 4) is 0 Å². The summed E-state index contributed by atoms with van der Waals surface area (Å²) >= 11 is 0. The van der Waals surface area contributed by atoms with Crippen molar-refractivity contribution in [1.82, 2.24) is 4.57 Å². The molecule has 4 nitrogen and oxygen atoms in total. The fourth-order valence-corrected chi connectivity index (χ4v) is 0.969. The number of nitrogens with two attached hydrogens (primary N) is 1. The van der Waals surface area contributed by atoms with Crippen molar-refractivity contribution in [2.45, 2.75) is 6.42 Å². The van der Waals surface area contributed by atoms with E-state index in [2.05, 4.69) is 0 Å². The predicted molar refractivity (Wildman–Crippen MR) is 41.2 cm³/mol. The fourth-order valence-electron chi connectivity index (χ4n) is 0.969. The van der Waals surface area contributed by atoms with Crippen LogP contribution in [0.1, 0.15) is 5.69 Å². The van der Waals surface area contributed by atoms with Crippen molar-refractivity contribution >= 4 is 11.7 Å². The zero-order valence-corrected chi connectivity index (χ0v) is 6.24. The molecule has 0 aliphatic carbocycles. The largest absolute Gasteiger partial charge is 0.481 e. The van der Waals surface area contributed by atoms with Gasteiger partial charge in [0.15, 0.2) is 0 Å². The molecule has 0 spiro atoms. The van der Waals surface area contributed by atoms with Crippen LogP contribution in [0.4, 0.5) is 5.69 Å². The maximum atomic E-state index is 10.3. The molecule has 0 saturated carbocycles. The van der Waals surface area contributed by atoms with E-state index in [4.69, 9.17) is 10.8 Å². The van der Waals surface area contributed by atoms with Crippen LogP contribution in [0.15, 0.2) is 12.3 Å². The van der Waals surface area contributed by atoms with Crippen LogP contribution >= 0.6 is 0 Å². The third-order valence-corrected chi connectivity index (χ3v) is 1.46. The zero-order chi connectivity index (χ0) is 8.43. The van der Waals surface area contributed by atoms with Crippen molar-refractivity contribution in [2.75, 3.05) is 5.73 Å².